The number of carbonyl (C=O) groups is 1. The molecule has 0 aromatic rings. The van der Waals surface area contributed by atoms with Crippen LogP contribution in [0.2, 0.25) is 11.6 Å². The lowest BCUT2D eigenvalue weighted by atomic mass is 9.50. The van der Waals surface area contributed by atoms with E-state index in [4.69, 9.17) is 23.4 Å². The van der Waals surface area contributed by atoms with Crippen molar-refractivity contribution in [3.05, 3.63) is 0 Å². The summed E-state index contributed by atoms with van der Waals surface area (Å²) in [5.74, 6) is 0.272. The fourth-order valence-electron chi connectivity index (χ4n) is 5.67. The molecule has 0 aliphatic carbocycles. The predicted octanol–water partition coefficient (Wildman–Crippen LogP) is 8.57. The van der Waals surface area contributed by atoms with Gasteiger partial charge in [-0.3, -0.25) is 4.79 Å². The van der Waals surface area contributed by atoms with Crippen molar-refractivity contribution in [2.24, 2.45) is 0 Å². The first kappa shape index (κ1) is 34.6. The van der Waals surface area contributed by atoms with Crippen LogP contribution in [0.5, 0.6) is 0 Å². The van der Waals surface area contributed by atoms with Gasteiger partial charge in [-0.05, 0) is 73.4 Å². The van der Waals surface area contributed by atoms with Gasteiger partial charge in [-0.2, -0.15) is 0 Å². The number of methoxy groups -OCH3 is 1. The van der Waals surface area contributed by atoms with Gasteiger partial charge in [-0.15, -0.1) is 0 Å². The Bertz CT molecular complexity index is 707. The fourth-order valence-corrected chi connectivity index (χ4v) is 5.67. The molecule has 0 aromatic carbocycles. The minimum Gasteiger partial charge on any atom is -0.469 e. The molecular weight excluding hydrogens is 490 g/mol. The molecule has 2 aliphatic heterocycles. The van der Waals surface area contributed by atoms with Crippen LogP contribution in [-0.2, 0) is 28.1 Å². The van der Waals surface area contributed by atoms with Gasteiger partial charge in [0.25, 0.3) is 0 Å². The average Bonchev–Trinajstić information content (AvgIpc) is 3.19. The maximum Gasteiger partial charge on any atom is 0.460 e. The number of ether oxygens (including phenoxy) is 1. The van der Waals surface area contributed by atoms with Gasteiger partial charge >= 0.3 is 20.2 Å². The van der Waals surface area contributed by atoms with Gasteiger partial charge < -0.3 is 23.4 Å². The Morgan fingerprint density at radius 1 is 0.590 bits per heavy atom. The maximum absolute atomic E-state index is 11.4. The smallest absolute Gasteiger partial charge is 0.460 e. The van der Waals surface area contributed by atoms with Crippen LogP contribution in [0.15, 0.2) is 0 Å². The lowest BCUT2D eigenvalue weighted by Gasteiger charge is -2.32. The van der Waals surface area contributed by atoms with Crippen molar-refractivity contribution in [2.45, 2.75) is 186 Å². The molecule has 2 heterocycles. The molecule has 2 saturated heterocycles. The molecule has 6 nitrogen and oxygen atoms in total. The van der Waals surface area contributed by atoms with E-state index in [1.807, 2.05) is 0 Å². The zero-order chi connectivity index (χ0) is 29.3. The maximum atomic E-state index is 11.4. The normalized spacial score (nSPS) is 22.7. The Morgan fingerprint density at radius 3 is 1.28 bits per heavy atom. The monoisotopic (exact) mass is 550 g/mol. The first-order chi connectivity index (χ1) is 18.2. The number of carbonyl (C=O) groups excluding carboxylic acids is 1. The molecule has 8 heteroatoms. The van der Waals surface area contributed by atoms with E-state index in [1.54, 1.807) is 0 Å². The van der Waals surface area contributed by atoms with Crippen molar-refractivity contribution < 1.29 is 28.1 Å². The first-order valence-corrected chi connectivity index (χ1v) is 16.0. The molecule has 39 heavy (non-hydrogen) atoms. The highest BCUT2D eigenvalue weighted by molar-refractivity contribution is 6.54. The minimum atomic E-state index is -0.371. The van der Waals surface area contributed by atoms with Crippen LogP contribution < -0.4 is 0 Å². The Balaban J connectivity index is 2.15. The molecule has 0 aromatic heterocycles. The molecule has 0 saturated carbocycles. The number of rotatable bonds is 18. The third-order valence-electron chi connectivity index (χ3n) is 9.83. The summed E-state index contributed by atoms with van der Waals surface area (Å²) in [5.41, 5.74) is -1.47. The summed E-state index contributed by atoms with van der Waals surface area (Å²) in [7, 11) is 0.910. The molecule has 2 aliphatic rings. The van der Waals surface area contributed by atoms with Gasteiger partial charge in [0.05, 0.1) is 29.5 Å². The van der Waals surface area contributed by atoms with Crippen LogP contribution in [0.4, 0.5) is 0 Å². The predicted molar refractivity (Wildman–Crippen MR) is 162 cm³/mol. The van der Waals surface area contributed by atoms with E-state index in [0.717, 1.165) is 44.9 Å². The van der Waals surface area contributed by atoms with Gasteiger partial charge in [0.2, 0.25) is 0 Å². The van der Waals surface area contributed by atoms with Crippen LogP contribution in [0.3, 0.4) is 0 Å². The zero-order valence-corrected chi connectivity index (χ0v) is 27.2. The summed E-state index contributed by atoms with van der Waals surface area (Å²) >= 11 is 0. The number of esters is 1. The molecule has 0 unspecified atom stereocenters. The van der Waals surface area contributed by atoms with Crippen molar-refractivity contribution in [1.82, 2.24) is 0 Å². The molecular formula is C31H60B2O6. The van der Waals surface area contributed by atoms with Gasteiger partial charge in [-0.25, -0.2) is 0 Å². The third-order valence-corrected chi connectivity index (χ3v) is 9.83. The van der Waals surface area contributed by atoms with Crippen molar-refractivity contribution in [3.63, 3.8) is 0 Å². The number of hydrogen-bond donors (Lipinski definition) is 0. The van der Waals surface area contributed by atoms with E-state index in [-0.39, 0.29) is 54.2 Å². The van der Waals surface area contributed by atoms with E-state index in [0.29, 0.717) is 6.42 Å². The topological polar surface area (TPSA) is 63.2 Å². The molecule has 0 amide bonds. The van der Waals surface area contributed by atoms with Gasteiger partial charge in [0.15, 0.2) is 0 Å². The number of unbranched alkanes of at least 4 members (excludes halogenated alkanes) is 9. The van der Waals surface area contributed by atoms with Crippen molar-refractivity contribution in [3.8, 4) is 0 Å². The van der Waals surface area contributed by atoms with E-state index < -0.39 is 0 Å². The fraction of sp³-hybridized carbons (Fsp3) is 0.968. The van der Waals surface area contributed by atoms with Crippen molar-refractivity contribution in [1.29, 1.82) is 0 Å². The largest absolute Gasteiger partial charge is 0.469 e. The molecule has 0 radical (unpaired) electrons. The van der Waals surface area contributed by atoms with Gasteiger partial charge in [-0.1, -0.05) is 84.0 Å². The van der Waals surface area contributed by atoms with Crippen LogP contribution in [0.25, 0.3) is 0 Å². The second-order valence-electron chi connectivity index (χ2n) is 14.0. The lowest BCUT2D eigenvalue weighted by molar-refractivity contribution is -0.140. The first-order valence-electron chi connectivity index (χ1n) is 16.0. The van der Waals surface area contributed by atoms with E-state index in [2.05, 4.69) is 62.3 Å². The second-order valence-corrected chi connectivity index (χ2v) is 14.0. The molecule has 0 spiro atoms. The molecule has 0 bridgehead atoms. The molecule has 2 rings (SSSR count). The van der Waals surface area contributed by atoms with Crippen LogP contribution in [0.1, 0.15) is 152 Å². The van der Waals surface area contributed by atoms with Crippen LogP contribution in [-0.4, -0.2) is 49.7 Å². The minimum absolute atomic E-state index is 0.115. The van der Waals surface area contributed by atoms with Gasteiger partial charge in [0.1, 0.15) is 0 Å². The van der Waals surface area contributed by atoms with Crippen LogP contribution >= 0.6 is 0 Å². The Morgan fingerprint density at radius 2 is 0.923 bits per heavy atom. The molecule has 2 atom stereocenters. The highest BCUT2D eigenvalue weighted by Gasteiger charge is 2.60. The quantitative estimate of drug-likeness (QED) is 0.0968. The Kier molecular flexibility index (Phi) is 13.4. The molecule has 2 fully saturated rings. The van der Waals surface area contributed by atoms with E-state index >= 15 is 0 Å². The molecule has 0 N–H and O–H groups in total. The summed E-state index contributed by atoms with van der Waals surface area (Å²) in [5, 5.41) is 0. The molecule has 226 valence electrons. The lowest BCUT2D eigenvalue weighted by Crippen LogP contribution is -2.41. The summed E-state index contributed by atoms with van der Waals surface area (Å²) in [6.45, 7) is 19.4. The van der Waals surface area contributed by atoms with E-state index in [1.165, 1.54) is 45.6 Å². The highest BCUT2D eigenvalue weighted by Crippen LogP contribution is 2.51. The van der Waals surface area contributed by atoms with Crippen molar-refractivity contribution >= 4 is 20.2 Å². The highest BCUT2D eigenvalue weighted by atomic mass is 16.7. The standard InChI is InChI=1S/C31H60B2O6/c1-11-12-13-14-16-19-22-25(32-36-28(2,3)29(4,5)37-32)26(33-38-30(6,7)31(8,9)39-33)23-20-17-15-18-21-24-27(34)35-10/h25-26H,11-24H2,1-10H3/t25-,26+/m1/s1. The summed E-state index contributed by atoms with van der Waals surface area (Å²) in [6.07, 6.45) is 15.5. The van der Waals surface area contributed by atoms with E-state index in [9.17, 15) is 4.79 Å². The van der Waals surface area contributed by atoms with Crippen molar-refractivity contribution in [2.75, 3.05) is 7.11 Å². The Labute approximate surface area is 241 Å². The average molecular weight is 550 g/mol. The zero-order valence-electron chi connectivity index (χ0n) is 27.2. The SMILES string of the molecule is CCCCCCCC[C@@H](B1OC(C)(C)C(C)(C)O1)[C@H](CCCCCCCC(=O)OC)B1OC(C)(C)C(C)(C)O1. The Hall–Kier alpha value is -0.560. The summed E-state index contributed by atoms with van der Waals surface area (Å²) in [6, 6.07) is 0. The number of hydrogen-bond acceptors (Lipinski definition) is 6. The summed E-state index contributed by atoms with van der Waals surface area (Å²) < 4.78 is 31.5. The third kappa shape index (κ3) is 9.75. The van der Waals surface area contributed by atoms with Gasteiger partial charge in [0, 0.05) is 6.42 Å². The second kappa shape index (κ2) is 15.1. The van der Waals surface area contributed by atoms with Crippen LogP contribution in [0, 0.1) is 0 Å². The summed E-state index contributed by atoms with van der Waals surface area (Å²) in [4.78, 5) is 11.4.